The van der Waals surface area contributed by atoms with Gasteiger partial charge >= 0.3 is 0 Å². The number of nitrogens with zero attached hydrogens (tertiary/aromatic N) is 6. The van der Waals surface area contributed by atoms with Crippen molar-refractivity contribution in [1.82, 2.24) is 19.4 Å². The number of imidazole rings is 1. The summed E-state index contributed by atoms with van der Waals surface area (Å²) in [5, 5.41) is 4.48. The van der Waals surface area contributed by atoms with Crippen LogP contribution in [0, 0.1) is 0 Å². The third-order valence-corrected chi connectivity index (χ3v) is 8.28. The first kappa shape index (κ1) is 28.3. The molecule has 0 saturated carbocycles. The highest BCUT2D eigenvalue weighted by molar-refractivity contribution is 6.00. The summed E-state index contributed by atoms with van der Waals surface area (Å²) >= 11 is 0. The lowest BCUT2D eigenvalue weighted by Crippen LogP contribution is -2.32. The normalized spacial score (nSPS) is 16.2. The van der Waals surface area contributed by atoms with Crippen molar-refractivity contribution in [1.29, 1.82) is 0 Å². The van der Waals surface area contributed by atoms with Crippen LogP contribution in [0.25, 0.3) is 56.6 Å². The standard InChI is InChI=1S/C39H34N6/c1-4-31(40-6-3)34-17-11-13-27(42-34)21-23-28-30-25-26(32-16-12-18-35(43-32)33-14-9-10-24-41-33)20-22-29(30)39-44-36-15-7-8-19-38(36)45(39)37(28)5-2/h4-13,15-20,22-25,33H,14,21H2,1-3H3/b28-23-,31-4-,37-5+,40-6?. The molecule has 0 N–H and O–H groups in total. The van der Waals surface area contributed by atoms with E-state index in [1.165, 1.54) is 0 Å². The second-order valence-electron chi connectivity index (χ2n) is 11.0. The Morgan fingerprint density at radius 2 is 1.80 bits per heavy atom. The minimum absolute atomic E-state index is 0.0481. The fraction of sp³-hybridized carbons (Fsp3) is 0.154. The number of hydrogen-bond acceptors (Lipinski definition) is 5. The van der Waals surface area contributed by atoms with Gasteiger partial charge in [0.15, 0.2) is 0 Å². The van der Waals surface area contributed by atoms with Gasteiger partial charge in [-0.3, -0.25) is 24.4 Å². The van der Waals surface area contributed by atoms with Crippen LogP contribution in [0.3, 0.4) is 0 Å². The average molecular weight is 587 g/mol. The quantitative estimate of drug-likeness (QED) is 0.191. The predicted octanol–water partition coefficient (Wildman–Crippen LogP) is 7.44. The van der Waals surface area contributed by atoms with Crippen LogP contribution < -0.4 is 10.6 Å². The molecule has 2 aromatic carbocycles. The summed E-state index contributed by atoms with van der Waals surface area (Å²) in [6.45, 7) is 6.01. The summed E-state index contributed by atoms with van der Waals surface area (Å²) in [5.74, 6) is 0. The van der Waals surface area contributed by atoms with Crippen molar-refractivity contribution < 1.29 is 0 Å². The molecule has 1 aliphatic heterocycles. The van der Waals surface area contributed by atoms with Crippen molar-refractivity contribution in [2.24, 2.45) is 9.98 Å². The van der Waals surface area contributed by atoms with E-state index in [9.17, 15) is 0 Å². The molecule has 5 heterocycles. The van der Waals surface area contributed by atoms with Crippen LogP contribution in [0.5, 0.6) is 0 Å². The van der Waals surface area contributed by atoms with Gasteiger partial charge < -0.3 is 0 Å². The molecule has 0 amide bonds. The molecule has 0 fully saturated rings. The molecule has 0 saturated heterocycles. The van der Waals surface area contributed by atoms with E-state index >= 15 is 0 Å². The zero-order chi connectivity index (χ0) is 30.8. The zero-order valence-electron chi connectivity index (χ0n) is 25.7. The van der Waals surface area contributed by atoms with Crippen molar-refractivity contribution >= 4 is 57.7 Å². The maximum absolute atomic E-state index is 5.11. The van der Waals surface area contributed by atoms with Crippen molar-refractivity contribution in [2.75, 3.05) is 0 Å². The van der Waals surface area contributed by atoms with Crippen LogP contribution in [0.1, 0.15) is 50.3 Å². The lowest BCUT2D eigenvalue weighted by atomic mass is 10.0. The minimum Gasteiger partial charge on any atom is -0.292 e. The first-order chi connectivity index (χ1) is 22.2. The molecule has 7 rings (SSSR count). The summed E-state index contributed by atoms with van der Waals surface area (Å²) < 4.78 is 2.29. The van der Waals surface area contributed by atoms with Gasteiger partial charge in [-0.15, -0.1) is 0 Å². The van der Waals surface area contributed by atoms with Gasteiger partial charge in [-0.05, 0) is 87.2 Å². The molecule has 0 spiro atoms. The first-order valence-electron chi connectivity index (χ1n) is 15.4. The van der Waals surface area contributed by atoms with Gasteiger partial charge in [0, 0.05) is 40.7 Å². The van der Waals surface area contributed by atoms with E-state index in [1.54, 1.807) is 6.21 Å². The Morgan fingerprint density at radius 1 is 0.911 bits per heavy atom. The maximum atomic E-state index is 5.11. The van der Waals surface area contributed by atoms with Gasteiger partial charge in [-0.2, -0.15) is 0 Å². The molecule has 45 heavy (non-hydrogen) atoms. The number of allylic oxidation sites excluding steroid dienone is 2. The second kappa shape index (κ2) is 12.2. The number of benzene rings is 2. The summed E-state index contributed by atoms with van der Waals surface area (Å²) in [7, 11) is 0. The summed E-state index contributed by atoms with van der Waals surface area (Å²) in [6, 6.07) is 27.4. The summed E-state index contributed by atoms with van der Waals surface area (Å²) in [6.07, 6.45) is 15.8. The second-order valence-corrected chi connectivity index (χ2v) is 11.0. The first-order valence-corrected chi connectivity index (χ1v) is 15.4. The molecule has 1 unspecified atom stereocenters. The van der Waals surface area contributed by atoms with E-state index in [0.717, 1.165) is 78.5 Å². The lowest BCUT2D eigenvalue weighted by Gasteiger charge is -2.13. The minimum atomic E-state index is 0.0481. The average Bonchev–Trinajstić information content (AvgIpc) is 3.49. The Hall–Kier alpha value is -5.49. The van der Waals surface area contributed by atoms with Gasteiger partial charge in [0.2, 0.25) is 0 Å². The van der Waals surface area contributed by atoms with Crippen LogP contribution >= 0.6 is 0 Å². The highest BCUT2D eigenvalue weighted by atomic mass is 15.0. The van der Waals surface area contributed by atoms with E-state index in [-0.39, 0.29) is 6.04 Å². The molecular weight excluding hydrogens is 552 g/mol. The van der Waals surface area contributed by atoms with Crippen LogP contribution in [-0.2, 0) is 6.42 Å². The van der Waals surface area contributed by atoms with Crippen molar-refractivity contribution in [3.05, 3.63) is 125 Å². The molecular formula is C39H34N6. The van der Waals surface area contributed by atoms with Gasteiger partial charge in [0.1, 0.15) is 5.65 Å². The van der Waals surface area contributed by atoms with E-state index in [2.05, 4.69) is 106 Å². The smallest absolute Gasteiger partial charge is 0.146 e. The Bertz CT molecular complexity index is 2320. The molecule has 6 aromatic rings. The number of aromatic nitrogens is 4. The molecule has 0 radical (unpaired) electrons. The van der Waals surface area contributed by atoms with E-state index < -0.39 is 0 Å². The highest BCUT2D eigenvalue weighted by Crippen LogP contribution is 2.28. The van der Waals surface area contributed by atoms with E-state index in [4.69, 9.17) is 15.0 Å². The Kier molecular flexibility index (Phi) is 7.70. The largest absolute Gasteiger partial charge is 0.292 e. The van der Waals surface area contributed by atoms with Gasteiger partial charge in [-0.1, -0.05) is 54.6 Å². The molecule has 6 heteroatoms. The predicted molar refractivity (Wildman–Crippen MR) is 188 cm³/mol. The molecule has 4 aromatic heterocycles. The van der Waals surface area contributed by atoms with Crippen molar-refractivity contribution in [3.63, 3.8) is 0 Å². The van der Waals surface area contributed by atoms with Crippen LogP contribution in [0.4, 0.5) is 0 Å². The van der Waals surface area contributed by atoms with Crippen LogP contribution in [0.2, 0.25) is 0 Å². The SMILES string of the molecule is CC=N/C(=C\C)c1cccc(C/C=c2\c(=C/C)n3c4ccccc4nc3c3ccc(-c4cccc(C5CC=CC=N5)n4)cc23)n1. The zero-order valence-corrected chi connectivity index (χ0v) is 25.7. The molecule has 6 nitrogen and oxygen atoms in total. The molecule has 220 valence electrons. The lowest BCUT2D eigenvalue weighted by molar-refractivity contribution is 0.714. The number of fused-ring (bicyclic) bond motifs is 5. The van der Waals surface area contributed by atoms with Crippen LogP contribution in [-0.4, -0.2) is 31.8 Å². The number of rotatable bonds is 6. The third-order valence-electron chi connectivity index (χ3n) is 8.28. The van der Waals surface area contributed by atoms with Gasteiger partial charge in [-0.25, -0.2) is 4.98 Å². The molecule has 0 bridgehead atoms. The van der Waals surface area contributed by atoms with Gasteiger partial charge in [0.05, 0.1) is 45.2 Å². The van der Waals surface area contributed by atoms with Crippen molar-refractivity contribution in [3.8, 4) is 11.3 Å². The number of pyridine rings is 3. The van der Waals surface area contributed by atoms with E-state index in [1.807, 2.05) is 44.3 Å². The highest BCUT2D eigenvalue weighted by Gasteiger charge is 2.15. The monoisotopic (exact) mass is 586 g/mol. The van der Waals surface area contributed by atoms with E-state index in [0.29, 0.717) is 6.42 Å². The fourth-order valence-electron chi connectivity index (χ4n) is 6.18. The number of dihydropyridines is 1. The topological polar surface area (TPSA) is 67.8 Å². The molecule has 1 aliphatic rings. The molecule has 0 aliphatic carbocycles. The maximum Gasteiger partial charge on any atom is 0.146 e. The number of hydrogen-bond donors (Lipinski definition) is 0. The Balaban J connectivity index is 1.44. The molecule has 1 atom stereocenters. The number of aliphatic imine (C=N–C) groups is 2. The van der Waals surface area contributed by atoms with Crippen molar-refractivity contribution in [2.45, 2.75) is 39.7 Å². The fourth-order valence-corrected chi connectivity index (χ4v) is 6.18. The third kappa shape index (κ3) is 5.29. The summed E-state index contributed by atoms with van der Waals surface area (Å²) in [5.41, 5.74) is 8.72. The summed E-state index contributed by atoms with van der Waals surface area (Å²) in [4.78, 5) is 24.3. The Morgan fingerprint density at radius 3 is 2.62 bits per heavy atom. The Labute approximate surface area is 262 Å². The van der Waals surface area contributed by atoms with Crippen LogP contribution in [0.15, 0.2) is 107 Å². The number of para-hydroxylation sites is 2. The van der Waals surface area contributed by atoms with Gasteiger partial charge in [0.25, 0.3) is 0 Å².